The number of hydrogen-bond donors (Lipinski definition) is 0. The minimum absolute atomic E-state index is 1.09. The van der Waals surface area contributed by atoms with E-state index in [9.17, 15) is 0 Å². The molecule has 0 saturated heterocycles. The highest BCUT2D eigenvalue weighted by Gasteiger charge is 2.30. The van der Waals surface area contributed by atoms with E-state index in [1.54, 1.807) is 0 Å². The lowest BCUT2D eigenvalue weighted by atomic mass is 9.98. The van der Waals surface area contributed by atoms with Crippen molar-refractivity contribution < 1.29 is 0 Å². The molecule has 0 bridgehead atoms. The van der Waals surface area contributed by atoms with Crippen LogP contribution in [0.5, 0.6) is 0 Å². The predicted molar refractivity (Wildman–Crippen MR) is 258 cm³/mol. The maximum absolute atomic E-state index is 2.39. The van der Waals surface area contributed by atoms with E-state index >= 15 is 0 Å². The molecular formula is C58H41N3. The maximum atomic E-state index is 2.39. The van der Waals surface area contributed by atoms with Crippen LogP contribution in [0.3, 0.4) is 0 Å². The summed E-state index contributed by atoms with van der Waals surface area (Å²) in [6.45, 7) is 0. The molecule has 1 aliphatic heterocycles. The molecule has 0 spiro atoms. The molecule has 11 rings (SSSR count). The number of rotatable bonds is 8. The van der Waals surface area contributed by atoms with Crippen molar-refractivity contribution in [1.82, 2.24) is 0 Å². The first kappa shape index (κ1) is 36.0. The molecule has 0 N–H and O–H groups in total. The van der Waals surface area contributed by atoms with Crippen LogP contribution in [0.15, 0.2) is 249 Å². The fourth-order valence-electron chi connectivity index (χ4n) is 8.81. The van der Waals surface area contributed by atoms with Crippen LogP contribution in [0.4, 0.5) is 51.2 Å². The van der Waals surface area contributed by atoms with E-state index in [0.29, 0.717) is 0 Å². The summed E-state index contributed by atoms with van der Waals surface area (Å²) in [4.78, 5) is 7.16. The summed E-state index contributed by atoms with van der Waals surface area (Å²) in [5.41, 5.74) is 17.2. The monoisotopic (exact) mass is 779 g/mol. The Morgan fingerprint density at radius 1 is 0.262 bits per heavy atom. The van der Waals surface area contributed by atoms with Gasteiger partial charge in [-0.15, -0.1) is 0 Å². The third-order valence-corrected chi connectivity index (χ3v) is 11.8. The van der Waals surface area contributed by atoms with Gasteiger partial charge < -0.3 is 14.7 Å². The van der Waals surface area contributed by atoms with Gasteiger partial charge in [0.2, 0.25) is 0 Å². The Bertz CT molecular complexity index is 3100. The Morgan fingerprint density at radius 3 is 1.23 bits per heavy atom. The third-order valence-electron chi connectivity index (χ3n) is 11.8. The normalized spacial score (nSPS) is 11.9. The second-order valence-electron chi connectivity index (χ2n) is 15.4. The molecule has 0 saturated carbocycles. The maximum Gasteiger partial charge on any atom is 0.0709 e. The van der Waals surface area contributed by atoms with Gasteiger partial charge in [-0.25, -0.2) is 0 Å². The van der Waals surface area contributed by atoms with Crippen LogP contribution in [0.25, 0.3) is 44.2 Å². The van der Waals surface area contributed by atoms with Crippen LogP contribution >= 0.6 is 0 Å². The van der Waals surface area contributed by atoms with Crippen LogP contribution in [-0.2, 0) is 0 Å². The van der Waals surface area contributed by atoms with Crippen molar-refractivity contribution in [3.05, 3.63) is 249 Å². The quantitative estimate of drug-likeness (QED) is 0.152. The minimum Gasteiger partial charge on any atom is -0.310 e. The molecule has 1 aliphatic rings. The van der Waals surface area contributed by atoms with E-state index in [0.717, 1.165) is 62.3 Å². The zero-order valence-electron chi connectivity index (χ0n) is 33.5. The lowest BCUT2D eigenvalue weighted by molar-refractivity contribution is 1.17. The highest BCUT2D eigenvalue weighted by molar-refractivity contribution is 6.03. The molecule has 0 aromatic heterocycles. The smallest absolute Gasteiger partial charge is 0.0709 e. The summed E-state index contributed by atoms with van der Waals surface area (Å²) in [6, 6.07) is 89.5. The fraction of sp³-hybridized carbons (Fsp3) is 0. The first-order valence-corrected chi connectivity index (χ1v) is 20.8. The average molecular weight is 780 g/mol. The number of para-hydroxylation sites is 4. The Hall–Kier alpha value is -8.14. The van der Waals surface area contributed by atoms with Gasteiger partial charge in [0, 0.05) is 28.1 Å². The predicted octanol–water partition coefficient (Wildman–Crippen LogP) is 16.6. The van der Waals surface area contributed by atoms with Gasteiger partial charge in [-0.1, -0.05) is 170 Å². The summed E-state index contributed by atoms with van der Waals surface area (Å²) < 4.78 is 0. The Kier molecular flexibility index (Phi) is 9.18. The Morgan fingerprint density at radius 2 is 0.656 bits per heavy atom. The van der Waals surface area contributed by atoms with E-state index in [4.69, 9.17) is 0 Å². The zero-order chi connectivity index (χ0) is 40.5. The van der Waals surface area contributed by atoms with Gasteiger partial charge in [-0.2, -0.15) is 0 Å². The summed E-state index contributed by atoms with van der Waals surface area (Å²) in [5.74, 6) is 0. The molecule has 0 radical (unpaired) electrons. The van der Waals surface area contributed by atoms with Crippen LogP contribution in [0, 0.1) is 0 Å². The SMILES string of the molecule is c1ccc(-c2ccc(-c3ccc(N(c4ccc(-c5ccc6c(c5)N(c5ccccc5)c5ccccc5N6c5ccccc5)cc4)c4cccc5ccccc45)cc3)cc2)cc1. The largest absolute Gasteiger partial charge is 0.310 e. The number of anilines is 9. The van der Waals surface area contributed by atoms with Gasteiger partial charge in [0.15, 0.2) is 0 Å². The topological polar surface area (TPSA) is 9.72 Å². The number of fused-ring (bicyclic) bond motifs is 3. The molecule has 0 aliphatic carbocycles. The van der Waals surface area contributed by atoms with Crippen molar-refractivity contribution in [3.8, 4) is 33.4 Å². The Balaban J connectivity index is 0.981. The highest BCUT2D eigenvalue weighted by Crippen LogP contribution is 2.55. The summed E-state index contributed by atoms with van der Waals surface area (Å²) in [6.07, 6.45) is 0. The molecule has 0 amide bonds. The van der Waals surface area contributed by atoms with Gasteiger partial charge in [-0.3, -0.25) is 0 Å². The summed E-state index contributed by atoms with van der Waals surface area (Å²) >= 11 is 0. The average Bonchev–Trinajstić information content (AvgIpc) is 3.34. The molecule has 0 fully saturated rings. The van der Waals surface area contributed by atoms with Gasteiger partial charge in [0.05, 0.1) is 28.4 Å². The number of hydrogen-bond acceptors (Lipinski definition) is 3. The standard InChI is InChI=1S/C58H41N3/c1-4-15-42(16-5-1)43-27-29-44(30-28-43)45-31-36-51(37-32-45)59(54-26-14-18-47-17-10-11-23-53(47)54)52-38-33-46(34-39-52)48-35-40-57-58(41-48)61(50-21-8-3-9-22-50)56-25-13-12-24-55(56)60(57)49-19-6-2-7-20-49/h1-41H. The molecule has 10 aromatic carbocycles. The number of nitrogens with zero attached hydrogens (tertiary/aromatic N) is 3. The van der Waals surface area contributed by atoms with Crippen LogP contribution in [-0.4, -0.2) is 0 Å². The van der Waals surface area contributed by atoms with E-state index < -0.39 is 0 Å². The minimum atomic E-state index is 1.09. The molecule has 10 aromatic rings. The van der Waals surface area contributed by atoms with Crippen LogP contribution in [0.1, 0.15) is 0 Å². The summed E-state index contributed by atoms with van der Waals surface area (Å²) in [5, 5.41) is 2.41. The first-order chi connectivity index (χ1) is 30.3. The van der Waals surface area contributed by atoms with Gasteiger partial charge in [0.25, 0.3) is 0 Å². The molecule has 3 nitrogen and oxygen atoms in total. The molecular weight excluding hydrogens is 739 g/mol. The highest BCUT2D eigenvalue weighted by atomic mass is 15.3. The van der Waals surface area contributed by atoms with Gasteiger partial charge in [-0.05, 0) is 118 Å². The lowest BCUT2D eigenvalue weighted by Crippen LogP contribution is -2.24. The molecule has 288 valence electrons. The molecule has 1 heterocycles. The van der Waals surface area contributed by atoms with Crippen molar-refractivity contribution in [2.24, 2.45) is 0 Å². The molecule has 0 atom stereocenters. The first-order valence-electron chi connectivity index (χ1n) is 20.8. The lowest BCUT2D eigenvalue weighted by Gasteiger charge is -2.40. The van der Waals surface area contributed by atoms with Crippen molar-refractivity contribution in [3.63, 3.8) is 0 Å². The molecule has 61 heavy (non-hydrogen) atoms. The second kappa shape index (κ2) is 15.6. The van der Waals surface area contributed by atoms with E-state index in [1.807, 2.05) is 0 Å². The van der Waals surface area contributed by atoms with Crippen molar-refractivity contribution in [2.75, 3.05) is 14.7 Å². The Labute approximate surface area is 357 Å². The number of benzene rings is 10. The van der Waals surface area contributed by atoms with Crippen LogP contribution < -0.4 is 14.7 Å². The molecule has 0 unspecified atom stereocenters. The van der Waals surface area contributed by atoms with E-state index in [1.165, 1.54) is 33.0 Å². The second-order valence-corrected chi connectivity index (χ2v) is 15.4. The van der Waals surface area contributed by atoms with Crippen LogP contribution in [0.2, 0.25) is 0 Å². The fourth-order valence-corrected chi connectivity index (χ4v) is 8.81. The van der Waals surface area contributed by atoms with Crippen molar-refractivity contribution >= 4 is 62.0 Å². The van der Waals surface area contributed by atoms with E-state index in [-0.39, 0.29) is 0 Å². The van der Waals surface area contributed by atoms with Crippen molar-refractivity contribution in [1.29, 1.82) is 0 Å². The molecule has 3 heteroatoms. The van der Waals surface area contributed by atoms with E-state index in [2.05, 4.69) is 263 Å². The third kappa shape index (κ3) is 6.69. The van der Waals surface area contributed by atoms with Crippen molar-refractivity contribution in [2.45, 2.75) is 0 Å². The van der Waals surface area contributed by atoms with Gasteiger partial charge in [0.1, 0.15) is 0 Å². The van der Waals surface area contributed by atoms with Gasteiger partial charge >= 0.3 is 0 Å². The zero-order valence-corrected chi connectivity index (χ0v) is 33.5. The summed E-state index contributed by atoms with van der Waals surface area (Å²) in [7, 11) is 0.